The van der Waals surface area contributed by atoms with E-state index in [1.165, 1.54) is 12.0 Å². The predicted molar refractivity (Wildman–Crippen MR) is 130 cm³/mol. The molecule has 33 heavy (non-hydrogen) atoms. The molecule has 1 aliphatic heterocycles. The zero-order valence-corrected chi connectivity index (χ0v) is 19.9. The molecule has 6 nitrogen and oxygen atoms in total. The molecular weight excluding hydrogens is 506 g/mol. The van der Waals surface area contributed by atoms with Gasteiger partial charge in [0.1, 0.15) is 0 Å². The minimum atomic E-state index is -0.505. The van der Waals surface area contributed by atoms with Crippen molar-refractivity contribution in [1.82, 2.24) is 4.90 Å². The second kappa shape index (κ2) is 10.1. The number of ether oxygens (including phenoxy) is 2. The van der Waals surface area contributed by atoms with Crippen LogP contribution in [0, 0.1) is 0 Å². The SMILES string of the molecule is COc1cc(/C=C2\SC(=O)N(Cc3ccccc3Br)C2=O)ccc1OC(=O)c1ccccc1. The lowest BCUT2D eigenvalue weighted by atomic mass is 10.1. The van der Waals surface area contributed by atoms with Gasteiger partial charge in [0, 0.05) is 4.47 Å². The summed E-state index contributed by atoms with van der Waals surface area (Å²) in [4.78, 5) is 39.2. The van der Waals surface area contributed by atoms with Crippen molar-refractivity contribution in [2.45, 2.75) is 6.54 Å². The van der Waals surface area contributed by atoms with Crippen LogP contribution in [-0.4, -0.2) is 29.1 Å². The number of nitrogens with zero attached hydrogens (tertiary/aromatic N) is 1. The van der Waals surface area contributed by atoms with Crippen molar-refractivity contribution in [3.8, 4) is 11.5 Å². The molecule has 1 heterocycles. The van der Waals surface area contributed by atoms with Gasteiger partial charge in [0.25, 0.3) is 11.1 Å². The fraction of sp³-hybridized carbons (Fsp3) is 0.0800. The summed E-state index contributed by atoms with van der Waals surface area (Å²) < 4.78 is 11.7. The van der Waals surface area contributed by atoms with Gasteiger partial charge in [-0.15, -0.1) is 0 Å². The van der Waals surface area contributed by atoms with E-state index in [0.717, 1.165) is 21.8 Å². The van der Waals surface area contributed by atoms with Gasteiger partial charge in [-0.25, -0.2) is 4.79 Å². The Balaban J connectivity index is 1.53. The summed E-state index contributed by atoms with van der Waals surface area (Å²) in [5.41, 5.74) is 1.90. The van der Waals surface area contributed by atoms with Crippen molar-refractivity contribution in [2.24, 2.45) is 0 Å². The van der Waals surface area contributed by atoms with E-state index in [4.69, 9.17) is 9.47 Å². The molecule has 0 unspecified atom stereocenters. The topological polar surface area (TPSA) is 72.9 Å². The van der Waals surface area contributed by atoms with Crippen molar-refractivity contribution in [3.05, 3.63) is 98.9 Å². The van der Waals surface area contributed by atoms with Gasteiger partial charge >= 0.3 is 5.97 Å². The fourth-order valence-electron chi connectivity index (χ4n) is 3.18. The monoisotopic (exact) mass is 523 g/mol. The number of benzene rings is 3. The number of methoxy groups -OCH3 is 1. The average molecular weight is 524 g/mol. The van der Waals surface area contributed by atoms with E-state index in [9.17, 15) is 14.4 Å². The molecule has 4 rings (SSSR count). The molecule has 0 spiro atoms. The lowest BCUT2D eigenvalue weighted by Gasteiger charge is -2.13. The number of imide groups is 1. The Bertz CT molecular complexity index is 1260. The lowest BCUT2D eigenvalue weighted by Crippen LogP contribution is -2.27. The zero-order chi connectivity index (χ0) is 23.4. The molecule has 1 aliphatic rings. The molecular formula is C25H18BrNO5S. The van der Waals surface area contributed by atoms with E-state index >= 15 is 0 Å². The maximum atomic E-state index is 12.9. The van der Waals surface area contributed by atoms with E-state index in [0.29, 0.717) is 21.8 Å². The first-order valence-electron chi connectivity index (χ1n) is 9.90. The van der Waals surface area contributed by atoms with E-state index in [1.54, 1.807) is 48.5 Å². The van der Waals surface area contributed by atoms with Crippen molar-refractivity contribution in [2.75, 3.05) is 7.11 Å². The van der Waals surface area contributed by atoms with Crippen LogP contribution < -0.4 is 9.47 Å². The molecule has 1 fully saturated rings. The molecule has 0 aromatic heterocycles. The third-order valence-corrected chi connectivity index (χ3v) is 6.54. The van der Waals surface area contributed by atoms with Crippen LogP contribution in [0.25, 0.3) is 6.08 Å². The summed E-state index contributed by atoms with van der Waals surface area (Å²) in [6, 6.07) is 21.0. The number of rotatable bonds is 6. The molecule has 3 aromatic rings. The molecule has 8 heteroatoms. The summed E-state index contributed by atoms with van der Waals surface area (Å²) >= 11 is 4.33. The fourth-order valence-corrected chi connectivity index (χ4v) is 4.42. The lowest BCUT2D eigenvalue weighted by molar-refractivity contribution is -0.123. The Morgan fingerprint density at radius 2 is 1.73 bits per heavy atom. The van der Waals surface area contributed by atoms with Gasteiger partial charge in [0.15, 0.2) is 11.5 Å². The minimum absolute atomic E-state index is 0.182. The summed E-state index contributed by atoms with van der Waals surface area (Å²) in [5.74, 6) is -0.278. The first-order chi connectivity index (χ1) is 16.0. The van der Waals surface area contributed by atoms with Crippen LogP contribution in [0.5, 0.6) is 11.5 Å². The first-order valence-corrected chi connectivity index (χ1v) is 11.5. The number of carbonyl (C=O) groups is 3. The van der Waals surface area contributed by atoms with Gasteiger partial charge in [-0.2, -0.15) is 0 Å². The Morgan fingerprint density at radius 3 is 2.45 bits per heavy atom. The van der Waals surface area contributed by atoms with Gasteiger partial charge in [-0.3, -0.25) is 14.5 Å². The van der Waals surface area contributed by atoms with Crippen molar-refractivity contribution < 1.29 is 23.9 Å². The summed E-state index contributed by atoms with van der Waals surface area (Å²) in [6.45, 7) is 0.182. The molecule has 0 radical (unpaired) electrons. The van der Waals surface area contributed by atoms with Crippen LogP contribution in [0.2, 0.25) is 0 Å². The largest absolute Gasteiger partial charge is 0.493 e. The number of hydrogen-bond donors (Lipinski definition) is 0. The Labute approximate surface area is 203 Å². The van der Waals surface area contributed by atoms with E-state index in [-0.39, 0.29) is 23.4 Å². The minimum Gasteiger partial charge on any atom is -0.493 e. The molecule has 166 valence electrons. The van der Waals surface area contributed by atoms with E-state index in [1.807, 2.05) is 30.3 Å². The maximum Gasteiger partial charge on any atom is 0.343 e. The smallest absolute Gasteiger partial charge is 0.343 e. The molecule has 0 atom stereocenters. The van der Waals surface area contributed by atoms with E-state index in [2.05, 4.69) is 15.9 Å². The van der Waals surface area contributed by atoms with Gasteiger partial charge in [-0.1, -0.05) is 58.4 Å². The van der Waals surface area contributed by atoms with Crippen LogP contribution in [0.1, 0.15) is 21.5 Å². The number of carbonyl (C=O) groups excluding carboxylic acids is 3. The molecule has 0 bridgehead atoms. The van der Waals surface area contributed by atoms with Gasteiger partial charge in [-0.05, 0) is 59.3 Å². The summed E-state index contributed by atoms with van der Waals surface area (Å²) in [7, 11) is 1.46. The molecule has 0 N–H and O–H groups in total. The normalized spacial score (nSPS) is 14.6. The van der Waals surface area contributed by atoms with Crippen LogP contribution >= 0.6 is 27.7 Å². The Hall–Kier alpha value is -3.36. The van der Waals surface area contributed by atoms with E-state index < -0.39 is 5.97 Å². The number of esters is 1. The van der Waals surface area contributed by atoms with Gasteiger partial charge in [0.05, 0.1) is 24.1 Å². The van der Waals surface area contributed by atoms with Crippen molar-refractivity contribution in [1.29, 1.82) is 0 Å². The molecule has 2 amide bonds. The zero-order valence-electron chi connectivity index (χ0n) is 17.5. The third-order valence-electron chi connectivity index (χ3n) is 4.86. The summed E-state index contributed by atoms with van der Waals surface area (Å²) in [5, 5.41) is -0.331. The van der Waals surface area contributed by atoms with Crippen molar-refractivity contribution in [3.63, 3.8) is 0 Å². The second-order valence-electron chi connectivity index (χ2n) is 7.03. The molecule has 0 saturated carbocycles. The highest BCUT2D eigenvalue weighted by Gasteiger charge is 2.35. The summed E-state index contributed by atoms with van der Waals surface area (Å²) in [6.07, 6.45) is 1.62. The number of amides is 2. The molecule has 3 aromatic carbocycles. The number of thioether (sulfide) groups is 1. The number of hydrogen-bond acceptors (Lipinski definition) is 6. The number of halogens is 1. The maximum absolute atomic E-state index is 12.9. The average Bonchev–Trinajstić information content (AvgIpc) is 3.09. The molecule has 1 saturated heterocycles. The van der Waals surface area contributed by atoms with Crippen molar-refractivity contribution >= 4 is 50.9 Å². The second-order valence-corrected chi connectivity index (χ2v) is 8.87. The standard InChI is InChI=1S/C25H18BrNO5S/c1-31-21-13-16(11-12-20(21)32-24(29)17-7-3-2-4-8-17)14-22-23(28)27(25(30)33-22)15-18-9-5-6-10-19(18)26/h2-14H,15H2,1H3/b22-14-. The van der Waals surface area contributed by atoms with Crippen LogP contribution in [0.15, 0.2) is 82.2 Å². The van der Waals surface area contributed by atoms with Crippen LogP contribution in [-0.2, 0) is 11.3 Å². The van der Waals surface area contributed by atoms with Crippen LogP contribution in [0.3, 0.4) is 0 Å². The first kappa shape index (κ1) is 22.8. The quantitative estimate of drug-likeness (QED) is 0.227. The predicted octanol–water partition coefficient (Wildman–Crippen LogP) is 5.91. The highest BCUT2D eigenvalue weighted by Crippen LogP contribution is 2.36. The highest BCUT2D eigenvalue weighted by molar-refractivity contribution is 9.10. The van der Waals surface area contributed by atoms with Gasteiger partial charge in [0.2, 0.25) is 0 Å². The highest BCUT2D eigenvalue weighted by atomic mass is 79.9. The Kier molecular flexibility index (Phi) is 6.96. The van der Waals surface area contributed by atoms with Crippen LogP contribution in [0.4, 0.5) is 4.79 Å². The Morgan fingerprint density at radius 1 is 1.00 bits per heavy atom. The molecule has 0 aliphatic carbocycles. The van der Waals surface area contributed by atoms with Gasteiger partial charge < -0.3 is 9.47 Å². The third kappa shape index (κ3) is 5.18.